The third kappa shape index (κ3) is 4.03. The number of nitrogens with two attached hydrogens (primary N) is 1. The minimum atomic E-state index is -0.257. The maximum Gasteiger partial charge on any atom is 0.126 e. The van der Waals surface area contributed by atoms with Gasteiger partial charge in [0, 0.05) is 15.5 Å². The van der Waals surface area contributed by atoms with Gasteiger partial charge < -0.3 is 5.73 Å². The van der Waals surface area contributed by atoms with Crippen molar-refractivity contribution in [3.05, 3.63) is 68.9 Å². The van der Waals surface area contributed by atoms with Crippen LogP contribution < -0.4 is 5.73 Å². The summed E-state index contributed by atoms with van der Waals surface area (Å²) < 4.78 is 14.6. The summed E-state index contributed by atoms with van der Waals surface area (Å²) in [5.74, 6) is -0.257. The number of rotatable bonds is 4. The van der Waals surface area contributed by atoms with Gasteiger partial charge in [0.2, 0.25) is 0 Å². The molecule has 2 aromatic rings. The molecule has 1 nitrogen and oxygen atoms in total. The van der Waals surface area contributed by atoms with Crippen LogP contribution in [-0.2, 0) is 12.8 Å². The zero-order valence-corrected chi connectivity index (χ0v) is 12.6. The summed E-state index contributed by atoms with van der Waals surface area (Å²) in [5, 5.41) is 0.532. The molecule has 2 N–H and O–H groups in total. The molecular formula is C15H14BrClFN. The molecule has 0 fully saturated rings. The van der Waals surface area contributed by atoms with E-state index in [-0.39, 0.29) is 11.9 Å². The van der Waals surface area contributed by atoms with Gasteiger partial charge in [-0.3, -0.25) is 0 Å². The molecule has 0 aromatic heterocycles. The van der Waals surface area contributed by atoms with Crippen LogP contribution in [0.1, 0.15) is 11.1 Å². The van der Waals surface area contributed by atoms with Crippen LogP contribution in [0.5, 0.6) is 0 Å². The van der Waals surface area contributed by atoms with E-state index in [9.17, 15) is 4.39 Å². The van der Waals surface area contributed by atoms with E-state index in [4.69, 9.17) is 17.3 Å². The summed E-state index contributed by atoms with van der Waals surface area (Å²) in [6, 6.07) is 12.3. The third-order valence-electron chi connectivity index (χ3n) is 2.93. The number of benzene rings is 2. The maximum atomic E-state index is 13.6. The van der Waals surface area contributed by atoms with Crippen LogP contribution in [0.3, 0.4) is 0 Å². The van der Waals surface area contributed by atoms with E-state index in [0.717, 1.165) is 10.0 Å². The van der Waals surface area contributed by atoms with Crippen LogP contribution in [-0.4, -0.2) is 6.04 Å². The lowest BCUT2D eigenvalue weighted by molar-refractivity contribution is 0.583. The molecule has 19 heavy (non-hydrogen) atoms. The molecule has 0 aliphatic rings. The summed E-state index contributed by atoms with van der Waals surface area (Å²) in [7, 11) is 0. The van der Waals surface area contributed by atoms with E-state index >= 15 is 0 Å². The lowest BCUT2D eigenvalue weighted by Crippen LogP contribution is -2.26. The number of hydrogen-bond acceptors (Lipinski definition) is 1. The van der Waals surface area contributed by atoms with E-state index < -0.39 is 0 Å². The summed E-state index contributed by atoms with van der Waals surface area (Å²) >= 11 is 9.36. The van der Waals surface area contributed by atoms with E-state index in [1.807, 2.05) is 24.3 Å². The molecule has 2 rings (SSSR count). The van der Waals surface area contributed by atoms with E-state index in [1.54, 1.807) is 12.1 Å². The molecule has 0 spiro atoms. The fraction of sp³-hybridized carbons (Fsp3) is 0.200. The highest BCUT2D eigenvalue weighted by Gasteiger charge is 2.11. The van der Waals surface area contributed by atoms with Crippen LogP contribution in [0.4, 0.5) is 4.39 Å². The molecule has 0 radical (unpaired) electrons. The Hall–Kier alpha value is -0.900. The van der Waals surface area contributed by atoms with Crippen molar-refractivity contribution in [2.24, 2.45) is 5.73 Å². The van der Waals surface area contributed by atoms with Gasteiger partial charge in [-0.1, -0.05) is 45.7 Å². The molecular weight excluding hydrogens is 329 g/mol. The van der Waals surface area contributed by atoms with E-state index in [1.165, 1.54) is 6.07 Å². The van der Waals surface area contributed by atoms with Crippen LogP contribution >= 0.6 is 27.5 Å². The lowest BCUT2D eigenvalue weighted by Gasteiger charge is -2.13. The second kappa shape index (κ2) is 6.51. The van der Waals surface area contributed by atoms with Crippen molar-refractivity contribution in [2.75, 3.05) is 0 Å². The molecule has 0 bridgehead atoms. The summed E-state index contributed by atoms with van der Waals surface area (Å²) in [6.45, 7) is 0. The second-order valence-corrected chi connectivity index (χ2v) is 5.79. The molecule has 1 unspecified atom stereocenters. The first kappa shape index (κ1) is 14.5. The molecule has 0 aliphatic heterocycles. The van der Waals surface area contributed by atoms with Crippen molar-refractivity contribution in [3.63, 3.8) is 0 Å². The topological polar surface area (TPSA) is 26.0 Å². The van der Waals surface area contributed by atoms with Crippen molar-refractivity contribution in [1.29, 1.82) is 0 Å². The molecule has 0 amide bonds. The largest absolute Gasteiger partial charge is 0.327 e. The molecule has 0 saturated heterocycles. The van der Waals surface area contributed by atoms with Crippen molar-refractivity contribution in [1.82, 2.24) is 0 Å². The average Bonchev–Trinajstić information content (AvgIpc) is 2.37. The predicted molar refractivity (Wildman–Crippen MR) is 80.9 cm³/mol. The highest BCUT2D eigenvalue weighted by atomic mass is 79.9. The average molecular weight is 343 g/mol. The summed E-state index contributed by atoms with van der Waals surface area (Å²) in [4.78, 5) is 0. The first-order valence-electron chi connectivity index (χ1n) is 5.99. The van der Waals surface area contributed by atoms with Gasteiger partial charge in [-0.2, -0.15) is 0 Å². The Kier molecular flexibility index (Phi) is 4.97. The highest BCUT2D eigenvalue weighted by molar-refractivity contribution is 9.10. The highest BCUT2D eigenvalue weighted by Crippen LogP contribution is 2.20. The fourth-order valence-electron chi connectivity index (χ4n) is 2.00. The lowest BCUT2D eigenvalue weighted by atomic mass is 9.99. The van der Waals surface area contributed by atoms with Gasteiger partial charge in [0.05, 0.1) is 0 Å². The zero-order chi connectivity index (χ0) is 13.8. The zero-order valence-electron chi connectivity index (χ0n) is 10.2. The van der Waals surface area contributed by atoms with E-state index in [0.29, 0.717) is 23.4 Å². The minimum absolute atomic E-state index is 0.147. The third-order valence-corrected chi connectivity index (χ3v) is 3.94. The molecule has 0 heterocycles. The second-order valence-electron chi connectivity index (χ2n) is 4.50. The normalized spacial score (nSPS) is 12.4. The smallest absolute Gasteiger partial charge is 0.126 e. The summed E-state index contributed by atoms with van der Waals surface area (Å²) in [6.07, 6.45) is 1.15. The van der Waals surface area contributed by atoms with Gasteiger partial charge in [-0.15, -0.1) is 0 Å². The number of halogens is 3. The number of hydrogen-bond donors (Lipinski definition) is 1. The van der Waals surface area contributed by atoms with E-state index in [2.05, 4.69) is 15.9 Å². The maximum absolute atomic E-state index is 13.6. The molecule has 0 aliphatic carbocycles. The molecule has 0 saturated carbocycles. The summed E-state index contributed by atoms with van der Waals surface area (Å²) in [5.41, 5.74) is 7.78. The molecule has 1 atom stereocenters. The Labute approximate surface area is 125 Å². The monoisotopic (exact) mass is 341 g/mol. The first-order valence-corrected chi connectivity index (χ1v) is 7.16. The Morgan fingerprint density at radius 1 is 1.11 bits per heavy atom. The van der Waals surface area contributed by atoms with Crippen molar-refractivity contribution in [3.8, 4) is 0 Å². The quantitative estimate of drug-likeness (QED) is 0.878. The van der Waals surface area contributed by atoms with Gasteiger partial charge in [0.15, 0.2) is 0 Å². The minimum Gasteiger partial charge on any atom is -0.327 e. The Balaban J connectivity index is 2.07. The molecule has 100 valence electrons. The standard InChI is InChI=1S/C15H14BrClFN/c16-14-4-2-1-3-10(14)8-13(19)9-11-7-12(17)5-6-15(11)18/h1-7,13H,8-9,19H2. The van der Waals surface area contributed by atoms with Gasteiger partial charge in [-0.25, -0.2) is 4.39 Å². The van der Waals surface area contributed by atoms with Gasteiger partial charge >= 0.3 is 0 Å². The SMILES string of the molecule is NC(Cc1cc(Cl)ccc1F)Cc1ccccc1Br. The van der Waals surface area contributed by atoms with Crippen LogP contribution in [0, 0.1) is 5.82 Å². The Morgan fingerprint density at radius 3 is 2.53 bits per heavy atom. The Morgan fingerprint density at radius 2 is 1.79 bits per heavy atom. The van der Waals surface area contributed by atoms with Crippen LogP contribution in [0.2, 0.25) is 5.02 Å². The van der Waals surface area contributed by atoms with Crippen LogP contribution in [0.25, 0.3) is 0 Å². The van der Waals surface area contributed by atoms with Crippen LogP contribution in [0.15, 0.2) is 46.9 Å². The van der Waals surface area contributed by atoms with Crippen molar-refractivity contribution < 1.29 is 4.39 Å². The molecule has 4 heteroatoms. The predicted octanol–water partition coefficient (Wildman–Crippen LogP) is 4.35. The fourth-order valence-corrected chi connectivity index (χ4v) is 2.64. The molecule has 2 aromatic carbocycles. The Bertz CT molecular complexity index is 574. The van der Waals surface area contributed by atoms with Gasteiger partial charge in [0.25, 0.3) is 0 Å². The van der Waals surface area contributed by atoms with Crippen molar-refractivity contribution in [2.45, 2.75) is 18.9 Å². The van der Waals surface area contributed by atoms with Gasteiger partial charge in [0.1, 0.15) is 5.82 Å². The van der Waals surface area contributed by atoms with Gasteiger partial charge in [-0.05, 0) is 48.2 Å². The van der Waals surface area contributed by atoms with Crippen molar-refractivity contribution >= 4 is 27.5 Å². The first-order chi connectivity index (χ1) is 9.06.